The lowest BCUT2D eigenvalue weighted by atomic mass is 10.0. The molecule has 0 fully saturated rings. The second kappa shape index (κ2) is 9.51. The van der Waals surface area contributed by atoms with Gasteiger partial charge < -0.3 is 24.2 Å². The summed E-state index contributed by atoms with van der Waals surface area (Å²) in [5.41, 5.74) is 3.02. The average Bonchev–Trinajstić information content (AvgIpc) is 2.83. The zero-order valence-corrected chi connectivity index (χ0v) is 19.9. The fraction of sp³-hybridized carbons (Fsp3) is 0.250. The minimum atomic E-state index is -1.29. The van der Waals surface area contributed by atoms with Gasteiger partial charge in [0.1, 0.15) is 18.1 Å². The molecule has 1 aliphatic rings. The first kappa shape index (κ1) is 23.2. The van der Waals surface area contributed by atoms with E-state index in [-0.39, 0.29) is 0 Å². The first-order valence-electron chi connectivity index (χ1n) is 11.3. The summed E-state index contributed by atoms with van der Waals surface area (Å²) in [6.45, 7) is 8.46. The second-order valence-corrected chi connectivity index (χ2v) is 8.58. The number of carboxylic acids is 1. The number of allylic oxidation sites excluding steroid dienone is 1. The molecule has 0 aromatic heterocycles. The van der Waals surface area contributed by atoms with Crippen molar-refractivity contribution in [3.8, 4) is 23.0 Å². The number of rotatable bonds is 8. The number of ether oxygens (including phenoxy) is 3. The van der Waals surface area contributed by atoms with Gasteiger partial charge in [-0.2, -0.15) is 0 Å². The fourth-order valence-electron chi connectivity index (χ4n) is 3.74. The molecule has 3 aromatic carbocycles. The van der Waals surface area contributed by atoms with Crippen molar-refractivity contribution in [2.24, 2.45) is 0 Å². The van der Waals surface area contributed by atoms with Gasteiger partial charge in [0.25, 0.3) is 0 Å². The Labute approximate surface area is 200 Å². The molecule has 0 unspecified atom stereocenters. The third-order valence-electron chi connectivity index (χ3n) is 5.75. The molecule has 4 rings (SSSR count). The van der Waals surface area contributed by atoms with Crippen LogP contribution in [0.5, 0.6) is 23.0 Å². The van der Waals surface area contributed by atoms with Crippen LogP contribution in [-0.2, 0) is 4.79 Å². The van der Waals surface area contributed by atoms with Crippen molar-refractivity contribution in [2.45, 2.75) is 33.3 Å². The first-order valence-corrected chi connectivity index (χ1v) is 11.3. The largest absolute Gasteiger partial charge is 0.490 e. The molecule has 3 aromatic rings. The number of aliphatic carboxylic acids is 1. The second-order valence-electron chi connectivity index (χ2n) is 8.58. The van der Waals surface area contributed by atoms with Crippen LogP contribution in [0.2, 0.25) is 0 Å². The average molecular weight is 460 g/mol. The van der Waals surface area contributed by atoms with Crippen LogP contribution in [0.1, 0.15) is 33.3 Å². The zero-order chi connectivity index (χ0) is 24.3. The summed E-state index contributed by atoms with van der Waals surface area (Å²) in [5.74, 6) is 1.85. The number of carboxylic acid groups (broad SMARTS) is 1. The highest BCUT2D eigenvalue weighted by Crippen LogP contribution is 2.47. The zero-order valence-electron chi connectivity index (χ0n) is 19.9. The maximum atomic E-state index is 11.2. The third kappa shape index (κ3) is 4.86. The number of anilines is 2. The maximum absolute atomic E-state index is 11.2. The number of fused-ring (bicyclic) bond motifs is 2. The van der Waals surface area contributed by atoms with Crippen molar-refractivity contribution >= 4 is 22.9 Å². The predicted octanol–water partition coefficient (Wildman–Crippen LogP) is 6.67. The molecule has 0 spiro atoms. The van der Waals surface area contributed by atoms with Crippen LogP contribution in [0.15, 0.2) is 72.8 Å². The number of para-hydroxylation sites is 2. The summed E-state index contributed by atoms with van der Waals surface area (Å²) in [6, 6.07) is 21.2. The SMILES string of the molecule is CCN1c2ccccc2Oc2ccc(/C(C)=C\COc3ccc(OC(C)(C)C(=O)O)cc3)cc21. The van der Waals surface area contributed by atoms with Gasteiger partial charge in [-0.25, -0.2) is 4.79 Å². The summed E-state index contributed by atoms with van der Waals surface area (Å²) in [7, 11) is 0. The van der Waals surface area contributed by atoms with Gasteiger partial charge in [-0.05, 0) is 93.4 Å². The van der Waals surface area contributed by atoms with Crippen molar-refractivity contribution in [1.82, 2.24) is 0 Å². The highest BCUT2D eigenvalue weighted by Gasteiger charge is 2.29. The molecule has 6 heteroatoms. The molecule has 0 aliphatic carbocycles. The van der Waals surface area contributed by atoms with E-state index in [0.717, 1.165) is 40.6 Å². The van der Waals surface area contributed by atoms with E-state index in [1.807, 2.05) is 30.3 Å². The van der Waals surface area contributed by atoms with E-state index in [9.17, 15) is 9.90 Å². The van der Waals surface area contributed by atoms with Crippen molar-refractivity contribution in [1.29, 1.82) is 0 Å². The van der Waals surface area contributed by atoms with E-state index in [2.05, 4.69) is 36.9 Å². The minimum Gasteiger partial charge on any atom is -0.490 e. The highest BCUT2D eigenvalue weighted by atomic mass is 16.5. The summed E-state index contributed by atoms with van der Waals surface area (Å²) < 4.78 is 17.5. The van der Waals surface area contributed by atoms with E-state index in [1.54, 1.807) is 24.3 Å². The van der Waals surface area contributed by atoms with Gasteiger partial charge in [0.2, 0.25) is 0 Å². The maximum Gasteiger partial charge on any atom is 0.347 e. The van der Waals surface area contributed by atoms with Crippen LogP contribution in [-0.4, -0.2) is 29.8 Å². The van der Waals surface area contributed by atoms with Crippen molar-refractivity contribution in [3.63, 3.8) is 0 Å². The smallest absolute Gasteiger partial charge is 0.347 e. The number of benzene rings is 3. The van der Waals surface area contributed by atoms with Gasteiger partial charge in [-0.1, -0.05) is 18.2 Å². The molecule has 0 atom stereocenters. The molecule has 0 saturated heterocycles. The number of carbonyl (C=O) groups is 1. The molecule has 0 saturated carbocycles. The van der Waals surface area contributed by atoms with E-state index < -0.39 is 11.6 Å². The van der Waals surface area contributed by atoms with E-state index in [4.69, 9.17) is 14.2 Å². The molecule has 176 valence electrons. The van der Waals surface area contributed by atoms with Crippen LogP contribution in [0.4, 0.5) is 11.4 Å². The van der Waals surface area contributed by atoms with E-state index >= 15 is 0 Å². The molecule has 0 radical (unpaired) electrons. The van der Waals surface area contributed by atoms with Gasteiger partial charge >= 0.3 is 5.97 Å². The van der Waals surface area contributed by atoms with Crippen LogP contribution >= 0.6 is 0 Å². The Morgan fingerprint density at radius 1 is 1.00 bits per heavy atom. The lowest BCUT2D eigenvalue weighted by Gasteiger charge is -2.32. The number of hydrogen-bond donors (Lipinski definition) is 1. The molecule has 6 nitrogen and oxygen atoms in total. The summed E-state index contributed by atoms with van der Waals surface area (Å²) >= 11 is 0. The Morgan fingerprint density at radius 2 is 1.68 bits per heavy atom. The molecular weight excluding hydrogens is 430 g/mol. The Bertz CT molecular complexity index is 1210. The quantitative estimate of drug-likeness (QED) is 0.405. The summed E-state index contributed by atoms with van der Waals surface area (Å²) in [6.07, 6.45) is 2.04. The topological polar surface area (TPSA) is 68.2 Å². The van der Waals surface area contributed by atoms with Crippen LogP contribution in [0.25, 0.3) is 5.57 Å². The normalized spacial score (nSPS) is 12.9. The van der Waals surface area contributed by atoms with E-state index in [1.165, 1.54) is 13.8 Å². The number of nitrogens with zero attached hydrogens (tertiary/aromatic N) is 1. The van der Waals surface area contributed by atoms with E-state index in [0.29, 0.717) is 18.1 Å². The molecule has 0 bridgehead atoms. The van der Waals surface area contributed by atoms with Crippen LogP contribution in [0.3, 0.4) is 0 Å². The van der Waals surface area contributed by atoms with Gasteiger partial charge in [-0.3, -0.25) is 0 Å². The Kier molecular flexibility index (Phi) is 6.50. The molecule has 0 amide bonds. The van der Waals surface area contributed by atoms with Gasteiger partial charge in [-0.15, -0.1) is 0 Å². The van der Waals surface area contributed by atoms with Crippen LogP contribution < -0.4 is 19.1 Å². The molecule has 1 heterocycles. The number of hydrogen-bond acceptors (Lipinski definition) is 5. The predicted molar refractivity (Wildman–Crippen MR) is 134 cm³/mol. The fourth-order valence-corrected chi connectivity index (χ4v) is 3.74. The Balaban J connectivity index is 1.42. The van der Waals surface area contributed by atoms with Crippen molar-refractivity contribution < 1.29 is 24.1 Å². The lowest BCUT2D eigenvalue weighted by molar-refractivity contribution is -0.152. The summed E-state index contributed by atoms with van der Waals surface area (Å²) in [5, 5.41) is 9.19. The standard InChI is InChI=1S/C28H29NO5/c1-5-29-23-8-6-7-9-25(23)33-26-15-10-20(18-24(26)29)19(2)16-17-32-21-11-13-22(14-12-21)34-28(3,4)27(30)31/h6-16,18H,5,17H2,1-4H3,(H,30,31)/b19-16-. The molecular formula is C28H29NO5. The van der Waals surface area contributed by atoms with Crippen molar-refractivity contribution in [3.05, 3.63) is 78.4 Å². The van der Waals surface area contributed by atoms with Gasteiger partial charge in [0, 0.05) is 6.54 Å². The van der Waals surface area contributed by atoms with Gasteiger partial charge in [0.05, 0.1) is 11.4 Å². The molecule has 1 aliphatic heterocycles. The monoisotopic (exact) mass is 459 g/mol. The third-order valence-corrected chi connectivity index (χ3v) is 5.75. The highest BCUT2D eigenvalue weighted by molar-refractivity contribution is 5.81. The lowest BCUT2D eigenvalue weighted by Crippen LogP contribution is -2.37. The molecule has 34 heavy (non-hydrogen) atoms. The van der Waals surface area contributed by atoms with Crippen molar-refractivity contribution in [2.75, 3.05) is 18.1 Å². The first-order chi connectivity index (χ1) is 16.3. The Hall–Kier alpha value is -3.93. The van der Waals surface area contributed by atoms with Gasteiger partial charge in [0.15, 0.2) is 17.1 Å². The Morgan fingerprint density at radius 3 is 2.38 bits per heavy atom. The summed E-state index contributed by atoms with van der Waals surface area (Å²) in [4.78, 5) is 13.5. The molecule has 1 N–H and O–H groups in total. The van der Waals surface area contributed by atoms with Crippen LogP contribution in [0, 0.1) is 0 Å². The minimum absolute atomic E-state index is 0.403.